The number of H-pyrrole nitrogens is 1. The molecule has 3 aromatic rings. The fourth-order valence-electron chi connectivity index (χ4n) is 1.76. The Labute approximate surface area is 135 Å². The molecule has 0 unspecified atom stereocenters. The van der Waals surface area contributed by atoms with Gasteiger partial charge >= 0.3 is 0 Å². The monoisotopic (exact) mass is 328 g/mol. The van der Waals surface area contributed by atoms with Crippen LogP contribution in [-0.2, 0) is 0 Å². The third-order valence-electron chi connectivity index (χ3n) is 2.87. The van der Waals surface area contributed by atoms with Crippen molar-refractivity contribution in [2.24, 2.45) is 0 Å². The largest absolute Gasteiger partial charge is 0.504 e. The predicted molar refractivity (Wildman–Crippen MR) is 85.0 cm³/mol. The number of allylic oxidation sites excluding steroid dienone is 1. The second kappa shape index (κ2) is 6.41. The number of hydrogen-bond donors (Lipinski definition) is 3. The van der Waals surface area contributed by atoms with Gasteiger partial charge in [-0.1, -0.05) is 11.8 Å². The summed E-state index contributed by atoms with van der Waals surface area (Å²) in [6.07, 6.45) is 3.69. The lowest BCUT2D eigenvalue weighted by molar-refractivity contribution is 0.104. The van der Waals surface area contributed by atoms with E-state index >= 15 is 0 Å². The molecule has 0 spiro atoms. The van der Waals surface area contributed by atoms with Crippen LogP contribution in [0.4, 0.5) is 5.69 Å². The zero-order valence-corrected chi connectivity index (χ0v) is 12.6. The molecule has 0 aliphatic rings. The van der Waals surface area contributed by atoms with Crippen LogP contribution in [0.5, 0.6) is 0 Å². The van der Waals surface area contributed by atoms with E-state index in [2.05, 4.69) is 15.2 Å². The van der Waals surface area contributed by atoms with Gasteiger partial charge < -0.3 is 15.3 Å². The van der Waals surface area contributed by atoms with E-state index < -0.39 is 5.78 Å². The first kappa shape index (κ1) is 14.9. The highest BCUT2D eigenvalue weighted by Crippen LogP contribution is 2.30. The van der Waals surface area contributed by atoms with E-state index in [0.29, 0.717) is 16.3 Å². The van der Waals surface area contributed by atoms with Crippen molar-refractivity contribution >= 4 is 29.0 Å². The molecule has 2 aromatic heterocycles. The first-order chi connectivity index (χ1) is 11.1. The number of aliphatic hydroxyl groups is 1. The number of carbonyl (C=O) groups excluding carboxylic acids is 1. The second-order valence-corrected chi connectivity index (χ2v) is 5.62. The van der Waals surface area contributed by atoms with Gasteiger partial charge in [0.05, 0.1) is 5.56 Å². The topological polar surface area (TPSA) is 118 Å². The van der Waals surface area contributed by atoms with E-state index in [0.717, 1.165) is 11.0 Å². The normalized spacial score (nSPS) is 11.6. The van der Waals surface area contributed by atoms with Crippen LogP contribution in [0.2, 0.25) is 0 Å². The first-order valence-corrected chi connectivity index (χ1v) is 7.36. The average molecular weight is 328 g/mol. The maximum Gasteiger partial charge on any atom is 0.215 e. The summed E-state index contributed by atoms with van der Waals surface area (Å²) in [4.78, 5) is 16.8. The van der Waals surface area contributed by atoms with E-state index in [1.54, 1.807) is 18.2 Å². The molecule has 0 saturated carbocycles. The molecule has 1 aromatic carbocycles. The lowest BCUT2D eigenvalue weighted by Crippen LogP contribution is -1.95. The molecule has 0 bridgehead atoms. The summed E-state index contributed by atoms with van der Waals surface area (Å²) in [6, 6.07) is 8.90. The van der Waals surface area contributed by atoms with Gasteiger partial charge in [0.2, 0.25) is 5.82 Å². The Hall–Kier alpha value is -3.00. The number of nitrogen functional groups attached to an aromatic ring is 1. The number of nitrogens with zero attached hydrogens (tertiary/aromatic N) is 2. The fourth-order valence-corrected chi connectivity index (χ4v) is 2.54. The summed E-state index contributed by atoms with van der Waals surface area (Å²) < 4.78 is 5.35. The average Bonchev–Trinajstić information content (AvgIpc) is 3.21. The molecule has 0 saturated heterocycles. The molecule has 0 radical (unpaired) electrons. The minimum Gasteiger partial charge on any atom is -0.504 e. The standard InChI is InChI=1S/C15H12N4O3S/c16-10-1-3-11(4-2-10)23-14-5-9(7-22-14)12(20)6-13(21)15-17-8-18-19-15/h1-8,21H,16H2,(H,17,18,19). The molecular weight excluding hydrogens is 316 g/mol. The molecular formula is C15H12N4O3S. The predicted octanol–water partition coefficient (Wildman–Crippen LogP) is 2.91. The van der Waals surface area contributed by atoms with Crippen LogP contribution in [0.1, 0.15) is 16.2 Å². The van der Waals surface area contributed by atoms with Gasteiger partial charge in [-0.05, 0) is 24.3 Å². The number of aromatic nitrogens is 3. The molecule has 0 aliphatic carbocycles. The number of aliphatic hydroxyl groups excluding tert-OH is 1. The summed E-state index contributed by atoms with van der Waals surface area (Å²) >= 11 is 1.36. The molecule has 0 fully saturated rings. The Morgan fingerprint density at radius 2 is 2.13 bits per heavy atom. The van der Waals surface area contributed by atoms with Crippen molar-refractivity contribution in [3.8, 4) is 0 Å². The van der Waals surface area contributed by atoms with E-state index in [1.165, 1.54) is 24.4 Å². The van der Waals surface area contributed by atoms with Gasteiger partial charge in [0.25, 0.3) is 0 Å². The Bertz CT molecular complexity index is 838. The Morgan fingerprint density at radius 3 is 2.83 bits per heavy atom. The number of aromatic amines is 1. The quantitative estimate of drug-likeness (QED) is 0.285. The highest BCUT2D eigenvalue weighted by molar-refractivity contribution is 7.99. The van der Waals surface area contributed by atoms with Gasteiger partial charge in [0.1, 0.15) is 12.6 Å². The van der Waals surface area contributed by atoms with Gasteiger partial charge in [0, 0.05) is 22.7 Å². The molecule has 7 nitrogen and oxygen atoms in total. The van der Waals surface area contributed by atoms with Crippen molar-refractivity contribution in [1.29, 1.82) is 0 Å². The Kier molecular flexibility index (Phi) is 4.15. The Balaban J connectivity index is 1.72. The van der Waals surface area contributed by atoms with Crippen LogP contribution in [0.25, 0.3) is 5.76 Å². The van der Waals surface area contributed by atoms with Crippen LogP contribution in [0.3, 0.4) is 0 Å². The number of hydrogen-bond acceptors (Lipinski definition) is 7. The zero-order valence-electron chi connectivity index (χ0n) is 11.8. The van der Waals surface area contributed by atoms with Crippen molar-refractivity contribution < 1.29 is 14.3 Å². The van der Waals surface area contributed by atoms with Crippen LogP contribution in [0, 0.1) is 0 Å². The van der Waals surface area contributed by atoms with Crippen molar-refractivity contribution in [1.82, 2.24) is 15.2 Å². The molecule has 116 valence electrons. The molecule has 0 aliphatic heterocycles. The number of anilines is 1. The number of benzene rings is 1. The number of ketones is 1. The number of carbonyl (C=O) groups is 1. The highest BCUT2D eigenvalue weighted by Gasteiger charge is 2.12. The van der Waals surface area contributed by atoms with E-state index in [1.807, 2.05) is 12.1 Å². The molecule has 23 heavy (non-hydrogen) atoms. The number of nitrogens with one attached hydrogen (secondary N) is 1. The van der Waals surface area contributed by atoms with Gasteiger partial charge in [0.15, 0.2) is 16.6 Å². The molecule has 0 amide bonds. The Morgan fingerprint density at radius 1 is 1.35 bits per heavy atom. The maximum atomic E-state index is 12.1. The van der Waals surface area contributed by atoms with Gasteiger partial charge in [-0.15, -0.1) is 0 Å². The van der Waals surface area contributed by atoms with Crippen LogP contribution < -0.4 is 5.73 Å². The minimum absolute atomic E-state index is 0.0540. The summed E-state index contributed by atoms with van der Waals surface area (Å²) in [5.74, 6) is -0.663. The van der Waals surface area contributed by atoms with Crippen molar-refractivity contribution in [2.45, 2.75) is 9.99 Å². The first-order valence-electron chi connectivity index (χ1n) is 6.55. The summed E-state index contributed by atoms with van der Waals surface area (Å²) in [6.45, 7) is 0. The summed E-state index contributed by atoms with van der Waals surface area (Å²) in [7, 11) is 0. The van der Waals surface area contributed by atoms with Crippen LogP contribution >= 0.6 is 11.8 Å². The smallest absolute Gasteiger partial charge is 0.215 e. The van der Waals surface area contributed by atoms with Gasteiger partial charge in [-0.2, -0.15) is 5.10 Å². The summed E-state index contributed by atoms with van der Waals surface area (Å²) in [5.41, 5.74) is 6.63. The maximum absolute atomic E-state index is 12.1. The van der Waals surface area contributed by atoms with Gasteiger partial charge in [-0.25, -0.2) is 4.98 Å². The third kappa shape index (κ3) is 3.61. The molecule has 3 rings (SSSR count). The molecule has 4 N–H and O–H groups in total. The fraction of sp³-hybridized carbons (Fsp3) is 0. The van der Waals surface area contributed by atoms with Gasteiger partial charge in [-0.3, -0.25) is 9.89 Å². The lowest BCUT2D eigenvalue weighted by atomic mass is 10.2. The molecule has 8 heteroatoms. The second-order valence-electron chi connectivity index (χ2n) is 4.54. The van der Waals surface area contributed by atoms with Crippen molar-refractivity contribution in [3.63, 3.8) is 0 Å². The number of rotatable bonds is 5. The van der Waals surface area contributed by atoms with E-state index in [9.17, 15) is 9.90 Å². The minimum atomic E-state index is -0.403. The van der Waals surface area contributed by atoms with Crippen molar-refractivity contribution in [2.75, 3.05) is 5.73 Å². The summed E-state index contributed by atoms with van der Waals surface area (Å²) in [5, 5.41) is 16.5. The SMILES string of the molecule is Nc1ccc(Sc2cc(C(=O)C=C(O)c3nc[nH]n3)co2)cc1. The number of nitrogens with two attached hydrogens (primary N) is 1. The third-order valence-corrected chi connectivity index (χ3v) is 3.79. The van der Waals surface area contributed by atoms with Crippen LogP contribution in [-0.4, -0.2) is 26.1 Å². The van der Waals surface area contributed by atoms with E-state index in [4.69, 9.17) is 10.2 Å². The van der Waals surface area contributed by atoms with Crippen molar-refractivity contribution in [3.05, 3.63) is 60.4 Å². The molecule has 0 atom stereocenters. The molecule has 2 heterocycles. The number of furan rings is 1. The lowest BCUT2D eigenvalue weighted by Gasteiger charge is -1.97. The zero-order chi connectivity index (χ0) is 16.2. The van der Waals surface area contributed by atoms with Crippen LogP contribution in [0.15, 0.2) is 63.4 Å². The highest BCUT2D eigenvalue weighted by atomic mass is 32.2. The van der Waals surface area contributed by atoms with E-state index in [-0.39, 0.29) is 11.6 Å².